The average molecular weight is 655 g/mol. The van der Waals surface area contributed by atoms with Crippen molar-refractivity contribution in [2.75, 3.05) is 58.7 Å². The van der Waals surface area contributed by atoms with E-state index in [2.05, 4.69) is 37.6 Å². The molecule has 2 aromatic rings. The largest absolute Gasteiger partial charge is 0.491 e. The molecule has 46 heavy (non-hydrogen) atoms. The molecule has 1 spiro atoms. The first-order valence-corrected chi connectivity index (χ1v) is 18.7. The van der Waals surface area contributed by atoms with Gasteiger partial charge in [-0.1, -0.05) is 24.6 Å². The fourth-order valence-corrected chi connectivity index (χ4v) is 7.97. The van der Waals surface area contributed by atoms with Crippen LogP contribution in [0.1, 0.15) is 80.1 Å². The first kappa shape index (κ1) is 34.3. The van der Waals surface area contributed by atoms with Gasteiger partial charge in [0.1, 0.15) is 18.2 Å². The van der Waals surface area contributed by atoms with Gasteiger partial charge in [-0.05, 0) is 89.1 Å². The number of nitrogens with zero attached hydrogens (tertiary/aromatic N) is 4. The number of hydrogen-bond donors (Lipinski definition) is 2. The molecule has 1 aromatic heterocycles. The van der Waals surface area contributed by atoms with Crippen molar-refractivity contribution >= 4 is 21.8 Å². The van der Waals surface area contributed by atoms with E-state index in [4.69, 9.17) is 4.74 Å². The molecule has 0 aliphatic carbocycles. The van der Waals surface area contributed by atoms with Crippen molar-refractivity contribution in [3.63, 3.8) is 0 Å². The molecule has 2 fully saturated rings. The predicted molar refractivity (Wildman–Crippen MR) is 177 cm³/mol. The van der Waals surface area contributed by atoms with Gasteiger partial charge in [-0.3, -0.25) is 9.59 Å². The number of aryl methyl sites for hydroxylation is 3. The molecule has 4 heterocycles. The maximum Gasteiger partial charge on any atom is 0.226 e. The van der Waals surface area contributed by atoms with Crippen molar-refractivity contribution in [2.45, 2.75) is 77.0 Å². The van der Waals surface area contributed by atoms with E-state index in [1.165, 1.54) is 16.1 Å². The highest BCUT2D eigenvalue weighted by atomic mass is 32.2. The molecular formula is C34H50N6O5S. The average Bonchev–Trinajstić information content (AvgIpc) is 3.04. The monoisotopic (exact) mass is 654 g/mol. The maximum atomic E-state index is 13.4. The zero-order chi connectivity index (χ0) is 32.6. The second-order valence-corrected chi connectivity index (χ2v) is 15.1. The van der Waals surface area contributed by atoms with E-state index in [1.54, 1.807) is 0 Å². The molecular weight excluding hydrogens is 604 g/mol. The molecule has 2 amide bonds. The summed E-state index contributed by atoms with van der Waals surface area (Å²) < 4.78 is 31.2. The summed E-state index contributed by atoms with van der Waals surface area (Å²) in [7, 11) is -3.17. The molecule has 0 atom stereocenters. The van der Waals surface area contributed by atoms with Gasteiger partial charge in [0.05, 0.1) is 18.2 Å². The second-order valence-electron chi connectivity index (χ2n) is 13.2. The summed E-state index contributed by atoms with van der Waals surface area (Å²) in [5.74, 6) is 1.94. The van der Waals surface area contributed by atoms with Crippen LogP contribution >= 0.6 is 0 Å². The molecule has 1 aromatic carbocycles. The highest BCUT2D eigenvalue weighted by molar-refractivity contribution is 7.88. The second kappa shape index (κ2) is 15.7. The Morgan fingerprint density at radius 3 is 2.61 bits per heavy atom. The van der Waals surface area contributed by atoms with Gasteiger partial charge in [0.2, 0.25) is 21.8 Å². The van der Waals surface area contributed by atoms with Gasteiger partial charge >= 0.3 is 0 Å². The molecule has 0 unspecified atom stereocenters. The summed E-state index contributed by atoms with van der Waals surface area (Å²) in [4.78, 5) is 37.6. The van der Waals surface area contributed by atoms with E-state index < -0.39 is 10.0 Å². The van der Waals surface area contributed by atoms with Crippen LogP contribution in [0, 0.1) is 12.3 Å². The first-order valence-electron chi connectivity index (χ1n) is 16.9. The molecule has 12 heteroatoms. The van der Waals surface area contributed by atoms with Crippen LogP contribution in [0.5, 0.6) is 5.75 Å². The quantitative estimate of drug-likeness (QED) is 0.444. The molecule has 2 saturated heterocycles. The SMILES string of the molecule is Cc1nc(CCC(=O)NCCN2CCC3(CCCCc4ccccc4OCCNC3=O)CC2)cc(C2CCN(S(C)(=O)=O)CC2)n1. The fraction of sp³-hybridized carbons (Fsp3) is 0.647. The molecule has 5 rings (SSSR count). The number of aromatic nitrogens is 2. The van der Waals surface area contributed by atoms with Crippen molar-refractivity contribution in [3.05, 3.63) is 53.1 Å². The first-order chi connectivity index (χ1) is 22.1. The molecule has 2 N–H and O–H groups in total. The van der Waals surface area contributed by atoms with Gasteiger partial charge < -0.3 is 20.3 Å². The highest BCUT2D eigenvalue weighted by Crippen LogP contribution is 2.37. The number of hydrogen-bond acceptors (Lipinski definition) is 8. The minimum absolute atomic E-state index is 0.00441. The van der Waals surface area contributed by atoms with Crippen LogP contribution in [0.25, 0.3) is 0 Å². The third-order valence-electron chi connectivity index (χ3n) is 9.87. The fourth-order valence-electron chi connectivity index (χ4n) is 7.10. The topological polar surface area (TPSA) is 134 Å². The molecule has 3 aliphatic rings. The van der Waals surface area contributed by atoms with Gasteiger partial charge in [-0.2, -0.15) is 0 Å². The number of piperidine rings is 2. The van der Waals surface area contributed by atoms with Crippen molar-refractivity contribution < 1.29 is 22.7 Å². The van der Waals surface area contributed by atoms with Crippen LogP contribution in [0.15, 0.2) is 30.3 Å². The predicted octanol–water partition coefficient (Wildman–Crippen LogP) is 2.98. The van der Waals surface area contributed by atoms with Crippen LogP contribution in [-0.4, -0.2) is 98.1 Å². The van der Waals surface area contributed by atoms with E-state index in [0.717, 1.165) is 88.1 Å². The van der Waals surface area contributed by atoms with Gasteiger partial charge in [0.25, 0.3) is 0 Å². The smallest absolute Gasteiger partial charge is 0.226 e. The number of para-hydroxylation sites is 1. The lowest BCUT2D eigenvalue weighted by Crippen LogP contribution is -2.50. The number of benzene rings is 1. The number of carbonyl (C=O) groups excluding carboxylic acids is 2. The van der Waals surface area contributed by atoms with Gasteiger partial charge in [0.15, 0.2) is 0 Å². The number of fused-ring (bicyclic) bond motifs is 1. The molecule has 11 nitrogen and oxygen atoms in total. The van der Waals surface area contributed by atoms with Gasteiger partial charge in [0, 0.05) is 49.9 Å². The lowest BCUT2D eigenvalue weighted by Gasteiger charge is -2.41. The van der Waals surface area contributed by atoms with Gasteiger partial charge in [-0.25, -0.2) is 22.7 Å². The van der Waals surface area contributed by atoms with E-state index in [1.807, 2.05) is 25.1 Å². The Bertz CT molecular complexity index is 1450. The van der Waals surface area contributed by atoms with Crippen molar-refractivity contribution in [2.24, 2.45) is 5.41 Å². The summed E-state index contributed by atoms with van der Waals surface area (Å²) in [6, 6.07) is 10.2. The van der Waals surface area contributed by atoms with Crippen molar-refractivity contribution in [3.8, 4) is 5.75 Å². The Balaban J connectivity index is 1.04. The number of sulfonamides is 1. The van der Waals surface area contributed by atoms with E-state index in [-0.39, 0.29) is 23.1 Å². The van der Waals surface area contributed by atoms with Crippen LogP contribution in [0.3, 0.4) is 0 Å². The van der Waals surface area contributed by atoms with Crippen molar-refractivity contribution in [1.82, 2.24) is 29.8 Å². The molecule has 0 saturated carbocycles. The third-order valence-corrected chi connectivity index (χ3v) is 11.2. The Kier molecular flexibility index (Phi) is 11.7. The summed E-state index contributed by atoms with van der Waals surface area (Å²) >= 11 is 0. The number of rotatable bonds is 8. The Morgan fingerprint density at radius 2 is 1.85 bits per heavy atom. The minimum Gasteiger partial charge on any atom is -0.491 e. The van der Waals surface area contributed by atoms with E-state index in [9.17, 15) is 18.0 Å². The molecule has 252 valence electrons. The third kappa shape index (κ3) is 9.25. The lowest BCUT2D eigenvalue weighted by molar-refractivity contribution is -0.134. The van der Waals surface area contributed by atoms with Crippen LogP contribution in [0.2, 0.25) is 0 Å². The number of carbonyl (C=O) groups is 2. The molecule has 0 radical (unpaired) electrons. The molecule has 0 bridgehead atoms. The normalized spacial score (nSPS) is 20.5. The standard InChI is InChI=1S/C34H50N6O5S/c1-26-37-29(25-30(38-26)27-12-19-40(20-13-27)46(2,43)44)10-11-32(41)35-17-23-39-21-15-34(16-22-39)14-6-5-8-28-7-3-4-9-31(28)45-24-18-36-33(34)42/h3-4,7,9,25,27H,5-6,8,10-24H2,1-2H3,(H,35,41)(H,36,42). The summed E-state index contributed by atoms with van der Waals surface area (Å²) in [6.45, 7) is 6.85. The van der Waals surface area contributed by atoms with Crippen LogP contribution in [0.4, 0.5) is 0 Å². The van der Waals surface area contributed by atoms with Crippen LogP contribution in [-0.2, 0) is 32.5 Å². The van der Waals surface area contributed by atoms with Gasteiger partial charge in [-0.15, -0.1) is 0 Å². The number of ether oxygens (including phenoxy) is 1. The zero-order valence-corrected chi connectivity index (χ0v) is 28.2. The number of likely N-dealkylation sites (tertiary alicyclic amines) is 1. The van der Waals surface area contributed by atoms with E-state index >= 15 is 0 Å². The highest BCUT2D eigenvalue weighted by Gasteiger charge is 2.40. The zero-order valence-electron chi connectivity index (χ0n) is 27.4. The lowest BCUT2D eigenvalue weighted by atomic mass is 9.73. The molecule has 3 aliphatic heterocycles. The Hall–Kier alpha value is -3.09. The number of amides is 2. The summed E-state index contributed by atoms with van der Waals surface area (Å²) in [6.07, 6.45) is 9.15. The maximum absolute atomic E-state index is 13.4. The number of nitrogens with one attached hydrogen (secondary N) is 2. The summed E-state index contributed by atoms with van der Waals surface area (Å²) in [5.41, 5.74) is 2.68. The summed E-state index contributed by atoms with van der Waals surface area (Å²) in [5, 5.41) is 6.22. The van der Waals surface area contributed by atoms with Crippen molar-refractivity contribution in [1.29, 1.82) is 0 Å². The van der Waals surface area contributed by atoms with Crippen LogP contribution < -0.4 is 15.4 Å². The Morgan fingerprint density at radius 1 is 1.09 bits per heavy atom. The van der Waals surface area contributed by atoms with E-state index in [0.29, 0.717) is 51.5 Å². The Labute approximate surface area is 273 Å². The minimum atomic E-state index is -3.17.